The fraction of sp³-hybridized carbons (Fsp3) is 1.00. The first-order chi connectivity index (χ1) is 8.62. The Hall–Kier alpha value is -0.120. The van der Waals surface area contributed by atoms with Gasteiger partial charge in [0.25, 0.3) is 0 Å². The third kappa shape index (κ3) is 3.69. The van der Waals surface area contributed by atoms with Gasteiger partial charge in [-0.15, -0.1) is 0 Å². The van der Waals surface area contributed by atoms with Gasteiger partial charge in [0.2, 0.25) is 0 Å². The van der Waals surface area contributed by atoms with Crippen molar-refractivity contribution in [1.29, 1.82) is 0 Å². The zero-order valence-corrected chi connectivity index (χ0v) is 12.4. The van der Waals surface area contributed by atoms with Crippen molar-refractivity contribution in [1.82, 2.24) is 10.2 Å². The number of likely N-dealkylation sites (tertiary alicyclic amines) is 1. The second-order valence-electron chi connectivity index (χ2n) is 6.55. The quantitative estimate of drug-likeness (QED) is 0.833. The van der Waals surface area contributed by atoms with Gasteiger partial charge in [0.15, 0.2) is 0 Å². The van der Waals surface area contributed by atoms with Gasteiger partial charge < -0.3 is 15.0 Å². The number of rotatable bonds is 4. The van der Waals surface area contributed by atoms with Crippen LogP contribution < -0.4 is 5.32 Å². The van der Waals surface area contributed by atoms with Crippen molar-refractivity contribution >= 4 is 0 Å². The molecule has 106 valence electrons. The van der Waals surface area contributed by atoms with E-state index in [9.17, 15) is 0 Å². The van der Waals surface area contributed by atoms with Gasteiger partial charge in [-0.3, -0.25) is 0 Å². The van der Waals surface area contributed by atoms with Crippen molar-refractivity contribution in [3.05, 3.63) is 0 Å². The second kappa shape index (κ2) is 6.36. The van der Waals surface area contributed by atoms with Gasteiger partial charge >= 0.3 is 0 Å². The first kappa shape index (κ1) is 14.3. The summed E-state index contributed by atoms with van der Waals surface area (Å²) in [5.74, 6) is 0. The van der Waals surface area contributed by atoms with Gasteiger partial charge in [0.1, 0.15) is 0 Å². The summed E-state index contributed by atoms with van der Waals surface area (Å²) in [6.45, 7) is 12.6. The monoisotopic (exact) mass is 254 g/mol. The summed E-state index contributed by atoms with van der Waals surface area (Å²) in [6, 6.07) is 0.662. The van der Waals surface area contributed by atoms with E-state index < -0.39 is 0 Å². The lowest BCUT2D eigenvalue weighted by Gasteiger charge is -2.43. The average molecular weight is 254 g/mol. The first-order valence-corrected chi connectivity index (χ1v) is 7.69. The molecule has 2 fully saturated rings. The maximum Gasteiger partial charge on any atom is 0.0599 e. The lowest BCUT2D eigenvalue weighted by molar-refractivity contribution is 0.00681. The van der Waals surface area contributed by atoms with Crippen molar-refractivity contribution in [2.24, 2.45) is 5.41 Å². The molecule has 1 unspecified atom stereocenters. The smallest absolute Gasteiger partial charge is 0.0599 e. The Kier molecular flexibility index (Phi) is 5.05. The Morgan fingerprint density at radius 2 is 2.00 bits per heavy atom. The van der Waals surface area contributed by atoms with E-state index in [1.165, 1.54) is 51.9 Å². The average Bonchev–Trinajstić information content (AvgIpc) is 2.34. The van der Waals surface area contributed by atoms with E-state index >= 15 is 0 Å². The van der Waals surface area contributed by atoms with Crippen molar-refractivity contribution in [2.75, 3.05) is 32.8 Å². The molecule has 0 bridgehead atoms. The summed E-state index contributed by atoms with van der Waals surface area (Å²) in [4.78, 5) is 2.63. The molecule has 2 aliphatic heterocycles. The number of piperidine rings is 2. The Morgan fingerprint density at radius 3 is 2.61 bits per heavy atom. The summed E-state index contributed by atoms with van der Waals surface area (Å²) in [5, 5.41) is 3.72. The molecule has 3 heteroatoms. The topological polar surface area (TPSA) is 24.5 Å². The predicted molar refractivity (Wildman–Crippen MR) is 75.9 cm³/mol. The molecular formula is C15H30N2O. The lowest BCUT2D eigenvalue weighted by Crippen LogP contribution is -2.54. The molecule has 0 spiro atoms. The Morgan fingerprint density at radius 1 is 1.28 bits per heavy atom. The standard InChI is InChI=1S/C15H30N2O/c1-4-18-13-6-10-17(11-7-13)12-14-15(2,3)8-5-9-16-14/h13-14,16H,4-12H2,1-3H3. The maximum atomic E-state index is 5.72. The zero-order valence-electron chi connectivity index (χ0n) is 12.4. The third-order valence-corrected chi connectivity index (χ3v) is 4.71. The largest absolute Gasteiger partial charge is 0.378 e. The fourth-order valence-corrected chi connectivity index (χ4v) is 3.33. The molecule has 2 aliphatic rings. The maximum absolute atomic E-state index is 5.72. The van der Waals surface area contributed by atoms with Crippen LogP contribution in [0.1, 0.15) is 46.5 Å². The van der Waals surface area contributed by atoms with Gasteiger partial charge in [0, 0.05) is 32.3 Å². The third-order valence-electron chi connectivity index (χ3n) is 4.71. The van der Waals surface area contributed by atoms with Crippen molar-refractivity contribution in [2.45, 2.75) is 58.6 Å². The van der Waals surface area contributed by atoms with Crippen LogP contribution in [0, 0.1) is 5.41 Å². The summed E-state index contributed by atoms with van der Waals surface area (Å²) >= 11 is 0. The Labute approximate surface area is 112 Å². The molecule has 0 aromatic heterocycles. The summed E-state index contributed by atoms with van der Waals surface area (Å²) in [7, 11) is 0. The van der Waals surface area contributed by atoms with Gasteiger partial charge in [-0.05, 0) is 44.6 Å². The number of nitrogens with one attached hydrogen (secondary N) is 1. The molecule has 1 atom stereocenters. The van der Waals surface area contributed by atoms with Crippen LogP contribution in [0.4, 0.5) is 0 Å². The summed E-state index contributed by atoms with van der Waals surface area (Å²) in [6.07, 6.45) is 5.62. The molecule has 0 saturated carbocycles. The Bertz CT molecular complexity index is 247. The van der Waals surface area contributed by atoms with Crippen molar-refractivity contribution in [3.63, 3.8) is 0 Å². The van der Waals surface area contributed by atoms with Gasteiger partial charge in [-0.2, -0.15) is 0 Å². The van der Waals surface area contributed by atoms with Crippen LogP contribution in [0.2, 0.25) is 0 Å². The van der Waals surface area contributed by atoms with Crippen LogP contribution in [0.3, 0.4) is 0 Å². The van der Waals surface area contributed by atoms with Crippen LogP contribution >= 0.6 is 0 Å². The van der Waals surface area contributed by atoms with E-state index in [0.717, 1.165) is 6.61 Å². The molecule has 0 aliphatic carbocycles. The molecule has 3 nitrogen and oxygen atoms in total. The van der Waals surface area contributed by atoms with Crippen LogP contribution in [-0.4, -0.2) is 49.8 Å². The minimum atomic E-state index is 0.453. The molecule has 18 heavy (non-hydrogen) atoms. The fourth-order valence-electron chi connectivity index (χ4n) is 3.33. The molecule has 2 saturated heterocycles. The molecular weight excluding hydrogens is 224 g/mol. The van der Waals surface area contributed by atoms with Crippen molar-refractivity contribution in [3.8, 4) is 0 Å². The second-order valence-corrected chi connectivity index (χ2v) is 6.55. The van der Waals surface area contributed by atoms with E-state index in [1.54, 1.807) is 0 Å². The molecule has 1 N–H and O–H groups in total. The first-order valence-electron chi connectivity index (χ1n) is 7.69. The molecule has 0 amide bonds. The van der Waals surface area contributed by atoms with Crippen LogP contribution in [0.15, 0.2) is 0 Å². The molecule has 0 radical (unpaired) electrons. The number of nitrogens with zero attached hydrogens (tertiary/aromatic N) is 1. The molecule has 2 heterocycles. The zero-order chi connectivity index (χ0) is 13.0. The highest BCUT2D eigenvalue weighted by molar-refractivity contribution is 4.91. The van der Waals surface area contributed by atoms with E-state index in [2.05, 4.69) is 31.0 Å². The lowest BCUT2D eigenvalue weighted by atomic mass is 9.77. The molecule has 2 rings (SSSR count). The minimum Gasteiger partial charge on any atom is -0.378 e. The van der Waals surface area contributed by atoms with Crippen molar-refractivity contribution < 1.29 is 4.74 Å². The SMILES string of the molecule is CCOC1CCN(CC2NCCCC2(C)C)CC1. The number of hydrogen-bond acceptors (Lipinski definition) is 3. The highest BCUT2D eigenvalue weighted by Crippen LogP contribution is 2.31. The normalized spacial score (nSPS) is 30.5. The minimum absolute atomic E-state index is 0.453. The summed E-state index contributed by atoms with van der Waals surface area (Å²) < 4.78 is 5.72. The predicted octanol–water partition coefficient (Wildman–Crippen LogP) is 2.27. The highest BCUT2D eigenvalue weighted by Gasteiger charge is 2.33. The number of hydrogen-bond donors (Lipinski definition) is 1. The van der Waals surface area contributed by atoms with Crippen LogP contribution in [-0.2, 0) is 4.74 Å². The van der Waals surface area contributed by atoms with Gasteiger partial charge in [-0.1, -0.05) is 13.8 Å². The van der Waals surface area contributed by atoms with E-state index in [-0.39, 0.29) is 0 Å². The molecule has 0 aromatic carbocycles. The van der Waals surface area contributed by atoms with Crippen LogP contribution in [0.25, 0.3) is 0 Å². The number of ether oxygens (including phenoxy) is 1. The summed E-state index contributed by atoms with van der Waals surface area (Å²) in [5.41, 5.74) is 0.453. The van der Waals surface area contributed by atoms with E-state index in [0.29, 0.717) is 17.6 Å². The van der Waals surface area contributed by atoms with E-state index in [1.807, 2.05) is 0 Å². The van der Waals surface area contributed by atoms with E-state index in [4.69, 9.17) is 4.74 Å². The van der Waals surface area contributed by atoms with Gasteiger partial charge in [-0.25, -0.2) is 0 Å². The Balaban J connectivity index is 1.77. The highest BCUT2D eigenvalue weighted by atomic mass is 16.5. The molecule has 0 aromatic rings. The van der Waals surface area contributed by atoms with Crippen LogP contribution in [0.5, 0.6) is 0 Å². The van der Waals surface area contributed by atoms with Gasteiger partial charge in [0.05, 0.1) is 6.10 Å².